The number of hydrogen-bond donors (Lipinski definition) is 2. The highest BCUT2D eigenvalue weighted by Crippen LogP contribution is 2.26. The summed E-state index contributed by atoms with van der Waals surface area (Å²) in [7, 11) is 0. The Hall–Kier alpha value is -4.16. The summed E-state index contributed by atoms with van der Waals surface area (Å²) in [5.74, 6) is -1.40. The van der Waals surface area contributed by atoms with Crippen LogP contribution in [0.15, 0.2) is 83.8 Å². The lowest BCUT2D eigenvalue weighted by Crippen LogP contribution is -2.40. The SMILES string of the molecule is CCCC[C@H](C(=O)N[C@@H](CC(=O)O)c1ccc(-c2ccc(C)cc2)cc1)n1cc(C)cc(Cc2c(C)cccc2Cl)c1=O. The number of rotatable bonds is 12. The molecule has 2 N–H and O–H groups in total. The molecule has 0 saturated carbocycles. The molecule has 224 valence electrons. The van der Waals surface area contributed by atoms with Crippen molar-refractivity contribution in [1.29, 1.82) is 0 Å². The van der Waals surface area contributed by atoms with Crippen molar-refractivity contribution in [2.75, 3.05) is 0 Å². The molecule has 4 rings (SSSR count). The van der Waals surface area contributed by atoms with Crippen molar-refractivity contribution in [3.05, 3.63) is 128 Å². The van der Waals surface area contributed by atoms with Gasteiger partial charge < -0.3 is 15.0 Å². The van der Waals surface area contributed by atoms with E-state index in [1.54, 1.807) is 6.20 Å². The van der Waals surface area contributed by atoms with Crippen LogP contribution in [-0.4, -0.2) is 21.6 Å². The lowest BCUT2D eigenvalue weighted by molar-refractivity contribution is -0.138. The molecule has 0 fully saturated rings. The molecule has 1 heterocycles. The van der Waals surface area contributed by atoms with Gasteiger partial charge >= 0.3 is 5.97 Å². The average molecular weight is 599 g/mol. The summed E-state index contributed by atoms with van der Waals surface area (Å²) < 4.78 is 1.51. The second-order valence-corrected chi connectivity index (χ2v) is 11.7. The number of aliphatic carboxylic acids is 1. The number of carbonyl (C=O) groups is 2. The highest BCUT2D eigenvalue weighted by atomic mass is 35.5. The molecule has 4 aromatic rings. The molecular formula is C36H39ClN2O4. The molecule has 3 aromatic carbocycles. The maximum Gasteiger partial charge on any atom is 0.305 e. The van der Waals surface area contributed by atoms with Crippen LogP contribution < -0.4 is 10.9 Å². The van der Waals surface area contributed by atoms with Gasteiger partial charge in [0.1, 0.15) is 6.04 Å². The number of carboxylic acid groups (broad SMARTS) is 1. The molecule has 0 aliphatic rings. The van der Waals surface area contributed by atoms with Crippen molar-refractivity contribution in [3.8, 4) is 11.1 Å². The number of nitrogens with one attached hydrogen (secondary N) is 1. The van der Waals surface area contributed by atoms with E-state index in [-0.39, 0.29) is 17.9 Å². The first-order valence-electron chi connectivity index (χ1n) is 14.7. The first kappa shape index (κ1) is 31.8. The van der Waals surface area contributed by atoms with E-state index in [1.807, 2.05) is 100 Å². The van der Waals surface area contributed by atoms with Crippen LogP contribution in [0.2, 0.25) is 5.02 Å². The molecule has 0 aliphatic heterocycles. The molecule has 7 heteroatoms. The Labute approximate surface area is 258 Å². The first-order valence-corrected chi connectivity index (χ1v) is 15.1. The number of benzene rings is 3. The van der Waals surface area contributed by atoms with Crippen LogP contribution in [0.4, 0.5) is 0 Å². The van der Waals surface area contributed by atoms with Gasteiger partial charge in [-0.2, -0.15) is 0 Å². The van der Waals surface area contributed by atoms with Crippen molar-refractivity contribution in [3.63, 3.8) is 0 Å². The molecule has 0 spiro atoms. The average Bonchev–Trinajstić information content (AvgIpc) is 2.97. The van der Waals surface area contributed by atoms with Crippen molar-refractivity contribution < 1.29 is 14.7 Å². The van der Waals surface area contributed by atoms with Gasteiger partial charge in [-0.15, -0.1) is 0 Å². The van der Waals surface area contributed by atoms with Crippen LogP contribution in [0.3, 0.4) is 0 Å². The Bertz CT molecular complexity index is 1620. The Morgan fingerprint density at radius 2 is 1.58 bits per heavy atom. The van der Waals surface area contributed by atoms with Gasteiger partial charge in [0.05, 0.1) is 12.5 Å². The monoisotopic (exact) mass is 598 g/mol. The number of carbonyl (C=O) groups excluding carboxylic acids is 1. The summed E-state index contributed by atoms with van der Waals surface area (Å²) in [6.07, 6.45) is 3.80. The van der Waals surface area contributed by atoms with Crippen LogP contribution in [0.25, 0.3) is 11.1 Å². The van der Waals surface area contributed by atoms with Crippen molar-refractivity contribution in [2.24, 2.45) is 0 Å². The standard InChI is InChI=1S/C36H39ClN2O4/c1-5-6-10-33(39-22-24(3)19-29(36(39)43)20-30-25(4)8-7-9-31(30)37)35(42)38-32(21-34(40)41)28-17-15-27(16-18-28)26-13-11-23(2)12-14-26/h7-9,11-19,22,32-33H,5-6,10,20-21H2,1-4H3,(H,38,42)(H,40,41)/t32-,33+/m0/s1. The minimum absolute atomic E-state index is 0.251. The van der Waals surface area contributed by atoms with Gasteiger partial charge in [-0.3, -0.25) is 14.4 Å². The van der Waals surface area contributed by atoms with Gasteiger partial charge in [-0.1, -0.05) is 97.6 Å². The molecule has 0 aliphatic carbocycles. The van der Waals surface area contributed by atoms with Crippen LogP contribution in [0.1, 0.15) is 78.1 Å². The van der Waals surface area contributed by atoms with Gasteiger partial charge in [0.15, 0.2) is 0 Å². The molecule has 43 heavy (non-hydrogen) atoms. The molecule has 6 nitrogen and oxygen atoms in total. The van der Waals surface area contributed by atoms with Crippen LogP contribution in [0.5, 0.6) is 0 Å². The van der Waals surface area contributed by atoms with Crippen molar-refractivity contribution in [1.82, 2.24) is 9.88 Å². The summed E-state index contributed by atoms with van der Waals surface area (Å²) in [5.41, 5.74) is 6.93. The Morgan fingerprint density at radius 1 is 0.930 bits per heavy atom. The van der Waals surface area contributed by atoms with Crippen LogP contribution in [-0.2, 0) is 16.0 Å². The van der Waals surface area contributed by atoms with Gasteiger partial charge in [-0.05, 0) is 72.7 Å². The summed E-state index contributed by atoms with van der Waals surface area (Å²) in [5, 5.41) is 13.3. The first-order chi connectivity index (χ1) is 20.6. The zero-order valence-corrected chi connectivity index (χ0v) is 25.9. The van der Waals surface area contributed by atoms with Crippen molar-refractivity contribution in [2.45, 2.75) is 71.9 Å². The summed E-state index contributed by atoms with van der Waals surface area (Å²) in [6, 6.07) is 21.7. The number of aromatic nitrogens is 1. The molecule has 0 radical (unpaired) electrons. The van der Waals surface area contributed by atoms with E-state index < -0.39 is 18.1 Å². The number of aryl methyl sites for hydroxylation is 3. The van der Waals surface area contributed by atoms with E-state index in [1.165, 1.54) is 10.1 Å². The van der Waals surface area contributed by atoms with E-state index in [4.69, 9.17) is 11.6 Å². The number of hydrogen-bond acceptors (Lipinski definition) is 3. The molecule has 1 aromatic heterocycles. The topological polar surface area (TPSA) is 88.4 Å². The largest absolute Gasteiger partial charge is 0.481 e. The summed E-state index contributed by atoms with van der Waals surface area (Å²) in [6.45, 7) is 7.92. The highest BCUT2D eigenvalue weighted by molar-refractivity contribution is 6.31. The fraction of sp³-hybridized carbons (Fsp3) is 0.306. The molecule has 2 atom stereocenters. The number of unbranched alkanes of at least 4 members (excludes halogenated alkanes) is 1. The number of carboxylic acids is 1. The highest BCUT2D eigenvalue weighted by Gasteiger charge is 2.27. The van der Waals surface area contributed by atoms with Crippen LogP contribution >= 0.6 is 11.6 Å². The number of amides is 1. The molecule has 1 amide bonds. The molecule has 0 bridgehead atoms. The fourth-order valence-corrected chi connectivity index (χ4v) is 5.69. The lowest BCUT2D eigenvalue weighted by Gasteiger charge is -2.25. The predicted octanol–water partition coefficient (Wildman–Crippen LogP) is 7.75. The summed E-state index contributed by atoms with van der Waals surface area (Å²) >= 11 is 6.48. The fourth-order valence-electron chi connectivity index (χ4n) is 5.40. The van der Waals surface area contributed by atoms with Crippen LogP contribution in [0, 0.1) is 20.8 Å². The van der Waals surface area contributed by atoms with Gasteiger partial charge in [0.2, 0.25) is 5.91 Å². The normalized spacial score (nSPS) is 12.5. The Kier molecular flexibility index (Phi) is 10.6. The van der Waals surface area contributed by atoms with E-state index in [0.717, 1.165) is 40.7 Å². The minimum atomic E-state index is -1.02. The zero-order chi connectivity index (χ0) is 31.1. The second-order valence-electron chi connectivity index (χ2n) is 11.3. The maximum absolute atomic E-state index is 13.9. The number of nitrogens with zero attached hydrogens (tertiary/aromatic N) is 1. The number of halogens is 1. The third kappa shape index (κ3) is 8.02. The molecule has 0 saturated heterocycles. The van der Waals surface area contributed by atoms with Gasteiger partial charge in [0.25, 0.3) is 5.56 Å². The second kappa shape index (κ2) is 14.3. The summed E-state index contributed by atoms with van der Waals surface area (Å²) in [4.78, 5) is 39.6. The van der Waals surface area contributed by atoms with E-state index >= 15 is 0 Å². The van der Waals surface area contributed by atoms with E-state index in [2.05, 4.69) is 5.32 Å². The van der Waals surface area contributed by atoms with E-state index in [9.17, 15) is 19.5 Å². The molecular weight excluding hydrogens is 560 g/mol. The Morgan fingerprint density at radius 3 is 2.19 bits per heavy atom. The Balaban J connectivity index is 1.65. The van der Waals surface area contributed by atoms with Gasteiger partial charge in [0, 0.05) is 23.2 Å². The smallest absolute Gasteiger partial charge is 0.305 e. The molecule has 0 unspecified atom stereocenters. The number of pyridine rings is 1. The maximum atomic E-state index is 13.9. The zero-order valence-electron chi connectivity index (χ0n) is 25.2. The third-order valence-electron chi connectivity index (χ3n) is 7.84. The quantitative estimate of drug-likeness (QED) is 0.174. The van der Waals surface area contributed by atoms with Gasteiger partial charge in [-0.25, -0.2) is 0 Å². The minimum Gasteiger partial charge on any atom is -0.481 e. The predicted molar refractivity (Wildman–Crippen MR) is 173 cm³/mol. The van der Waals surface area contributed by atoms with Crippen molar-refractivity contribution >= 4 is 23.5 Å². The van der Waals surface area contributed by atoms with E-state index in [0.29, 0.717) is 29.0 Å². The lowest BCUT2D eigenvalue weighted by atomic mass is 9.97. The third-order valence-corrected chi connectivity index (χ3v) is 8.19.